The monoisotopic (exact) mass is 575 g/mol. The van der Waals surface area contributed by atoms with Crippen LogP contribution in [0.5, 0.6) is 23.3 Å². The second-order valence-electron chi connectivity index (χ2n) is 9.35. The van der Waals surface area contributed by atoms with Gasteiger partial charge in [-0.15, -0.1) is 17.0 Å². The number of phenolic OH excluding ortho intramolecular Hbond substituents is 1. The Kier molecular flexibility index (Phi) is 10.3. The molecule has 0 atom stereocenters. The molecule has 0 radical (unpaired) electrons. The van der Waals surface area contributed by atoms with Gasteiger partial charge < -0.3 is 24.2 Å². The van der Waals surface area contributed by atoms with Gasteiger partial charge in [0, 0.05) is 17.5 Å². The van der Waals surface area contributed by atoms with Crippen molar-refractivity contribution in [2.24, 2.45) is 0 Å². The first-order valence-corrected chi connectivity index (χ1v) is 12.0. The Morgan fingerprint density at radius 2 is 1.81 bits per heavy atom. The first-order valence-electron chi connectivity index (χ1n) is 12.0. The minimum atomic E-state index is -0.444. The molecular weight excluding hydrogens is 542 g/mol. The summed E-state index contributed by atoms with van der Waals surface area (Å²) in [4.78, 5) is 23.9. The Morgan fingerprint density at radius 1 is 1.16 bits per heavy atom. The van der Waals surface area contributed by atoms with E-state index < -0.39 is 5.41 Å². The number of aromatic hydroxyl groups is 1. The van der Waals surface area contributed by atoms with Gasteiger partial charge in [-0.2, -0.15) is 5.26 Å². The van der Waals surface area contributed by atoms with Crippen molar-refractivity contribution in [3.8, 4) is 29.3 Å². The largest absolute Gasteiger partial charge is 0.504 e. The highest BCUT2D eigenvalue weighted by molar-refractivity contribution is 8.93. The van der Waals surface area contributed by atoms with Gasteiger partial charge in [-0.05, 0) is 37.8 Å². The third-order valence-corrected chi connectivity index (χ3v) is 5.58. The number of hydrogen-bond donors (Lipinski definition) is 2. The van der Waals surface area contributed by atoms with Crippen LogP contribution in [0.1, 0.15) is 74.8 Å². The Morgan fingerprint density at radius 3 is 2.41 bits per heavy atom. The number of halogens is 1. The van der Waals surface area contributed by atoms with Crippen LogP contribution in [0.2, 0.25) is 0 Å². The molecule has 2 heterocycles. The van der Waals surface area contributed by atoms with Gasteiger partial charge >= 0.3 is 0 Å². The van der Waals surface area contributed by atoms with Crippen LogP contribution in [-0.2, 0) is 12.0 Å². The lowest BCUT2D eigenvalue weighted by Gasteiger charge is -2.24. The maximum Gasteiger partial charge on any atom is 0.278 e. The van der Waals surface area contributed by atoms with Crippen LogP contribution < -0.4 is 14.2 Å². The van der Waals surface area contributed by atoms with Crippen molar-refractivity contribution in [1.82, 2.24) is 14.9 Å². The molecule has 1 aliphatic rings. The molecule has 1 aromatic carbocycles. The fourth-order valence-electron chi connectivity index (χ4n) is 3.79. The molecule has 0 unspecified atom stereocenters. The number of hydrogen-bond acceptors (Lipinski definition) is 9. The Balaban J connectivity index is 0.00000481. The van der Waals surface area contributed by atoms with Crippen molar-refractivity contribution >= 4 is 28.6 Å². The minimum absolute atomic E-state index is 0. The molecule has 10 nitrogen and oxygen atoms in total. The van der Waals surface area contributed by atoms with E-state index >= 15 is 0 Å². The normalized spacial score (nSPS) is 12.4. The number of Topliss-reactive ketones (excluding diaryl/α,β-unsaturated/α-hetero) is 1. The van der Waals surface area contributed by atoms with Crippen molar-refractivity contribution < 1.29 is 24.1 Å². The van der Waals surface area contributed by atoms with Crippen molar-refractivity contribution in [2.75, 3.05) is 26.4 Å². The molecule has 2 aromatic rings. The van der Waals surface area contributed by atoms with Gasteiger partial charge in [-0.1, -0.05) is 20.8 Å². The third kappa shape index (κ3) is 6.89. The number of fused-ring (bicyclic) bond motifs is 1. The van der Waals surface area contributed by atoms with Gasteiger partial charge in [-0.25, -0.2) is 9.97 Å². The highest BCUT2D eigenvalue weighted by Gasteiger charge is 2.32. The number of nitrogens with zero attached hydrogens (tertiary/aromatic N) is 4. The number of aromatic nitrogens is 2. The van der Waals surface area contributed by atoms with Crippen LogP contribution in [0.3, 0.4) is 0 Å². The molecular formula is C26H34BrN5O5. The number of rotatable bonds is 11. The summed E-state index contributed by atoms with van der Waals surface area (Å²) in [6, 6.07) is 5.25. The van der Waals surface area contributed by atoms with Gasteiger partial charge in [0.05, 0.1) is 44.7 Å². The van der Waals surface area contributed by atoms with Gasteiger partial charge in [0.1, 0.15) is 11.5 Å². The molecule has 1 aromatic heterocycles. The van der Waals surface area contributed by atoms with Crippen molar-refractivity contribution in [2.45, 2.75) is 59.4 Å². The first-order chi connectivity index (χ1) is 17.1. The van der Waals surface area contributed by atoms with E-state index in [0.717, 1.165) is 0 Å². The number of unbranched alkanes of at least 4 members (excludes halogenated alkanes) is 1. The quantitative estimate of drug-likeness (QED) is 0.291. The summed E-state index contributed by atoms with van der Waals surface area (Å²) in [5.74, 6) is 0.521. The van der Waals surface area contributed by atoms with Crippen LogP contribution in [0.4, 0.5) is 0 Å². The summed E-state index contributed by atoms with van der Waals surface area (Å²) >= 11 is 0. The Hall–Kier alpha value is -3.39. The van der Waals surface area contributed by atoms with E-state index in [4.69, 9.17) is 24.9 Å². The second kappa shape index (κ2) is 12.7. The fraction of sp³-hybridized carbons (Fsp3) is 0.500. The predicted octanol–water partition coefficient (Wildman–Crippen LogP) is 4.56. The zero-order valence-corrected chi connectivity index (χ0v) is 23.6. The van der Waals surface area contributed by atoms with E-state index in [0.29, 0.717) is 48.6 Å². The summed E-state index contributed by atoms with van der Waals surface area (Å²) in [7, 11) is 0. The molecule has 1 aliphatic heterocycles. The molecule has 0 saturated heterocycles. The number of benzene rings is 1. The van der Waals surface area contributed by atoms with Crippen LogP contribution in [-0.4, -0.2) is 58.0 Å². The lowest BCUT2D eigenvalue weighted by atomic mass is 9.84. The molecule has 11 heteroatoms. The van der Waals surface area contributed by atoms with Crippen LogP contribution in [0, 0.1) is 16.7 Å². The maximum absolute atomic E-state index is 13.3. The predicted molar refractivity (Wildman–Crippen MR) is 143 cm³/mol. The molecule has 200 valence electrons. The van der Waals surface area contributed by atoms with Gasteiger partial charge in [0.15, 0.2) is 17.3 Å². The van der Waals surface area contributed by atoms with Gasteiger partial charge in [0.2, 0.25) is 0 Å². The number of carbonyl (C=O) groups is 1. The number of nitriles is 1. The van der Waals surface area contributed by atoms with Crippen LogP contribution >= 0.6 is 17.0 Å². The highest BCUT2D eigenvalue weighted by atomic mass is 79.9. The molecule has 0 saturated carbocycles. The molecule has 2 N–H and O–H groups in total. The van der Waals surface area contributed by atoms with Gasteiger partial charge in [0.25, 0.3) is 11.8 Å². The summed E-state index contributed by atoms with van der Waals surface area (Å²) in [6.07, 6.45) is 0.844. The smallest absolute Gasteiger partial charge is 0.278 e. The zero-order chi connectivity index (χ0) is 26.5. The average molecular weight is 576 g/mol. The van der Waals surface area contributed by atoms with Crippen LogP contribution in [0.15, 0.2) is 12.1 Å². The molecule has 0 bridgehead atoms. The topological polar surface area (TPSA) is 142 Å². The summed E-state index contributed by atoms with van der Waals surface area (Å²) in [5, 5.41) is 28.1. The number of ketones is 1. The Labute approximate surface area is 227 Å². The molecule has 3 rings (SSSR count). The summed E-state index contributed by atoms with van der Waals surface area (Å²) in [5.41, 5.74) is 1.40. The molecule has 0 spiro atoms. The second-order valence-corrected chi connectivity index (χ2v) is 9.35. The van der Waals surface area contributed by atoms with Crippen LogP contribution in [0.25, 0.3) is 0 Å². The van der Waals surface area contributed by atoms with Gasteiger partial charge in [-0.3, -0.25) is 10.2 Å². The molecule has 0 aliphatic carbocycles. The number of amidine groups is 1. The first kappa shape index (κ1) is 29.8. The van der Waals surface area contributed by atoms with E-state index in [-0.39, 0.29) is 71.6 Å². The lowest BCUT2D eigenvalue weighted by molar-refractivity contribution is 0.0961. The fourth-order valence-corrected chi connectivity index (χ4v) is 3.79. The van der Waals surface area contributed by atoms with Crippen molar-refractivity contribution in [3.63, 3.8) is 0 Å². The molecule has 0 amide bonds. The summed E-state index contributed by atoms with van der Waals surface area (Å²) in [6.45, 7) is 10.6. The highest BCUT2D eigenvalue weighted by Crippen LogP contribution is 2.39. The van der Waals surface area contributed by atoms with Crippen molar-refractivity contribution in [3.05, 3.63) is 34.6 Å². The summed E-state index contributed by atoms with van der Waals surface area (Å²) < 4.78 is 16.8. The van der Waals surface area contributed by atoms with E-state index in [9.17, 15) is 9.90 Å². The van der Waals surface area contributed by atoms with E-state index in [1.54, 1.807) is 11.0 Å². The SMILES string of the molecule is Br.CCOc1nc2c(nc1OCC)C(=N)N(CC(=O)c1cc(OCCCC#N)c(O)c(C(C)(C)C)c1)C2. The minimum Gasteiger partial charge on any atom is -0.504 e. The van der Waals surface area contributed by atoms with E-state index in [1.165, 1.54) is 6.07 Å². The maximum atomic E-state index is 13.3. The van der Waals surface area contributed by atoms with E-state index in [1.807, 2.05) is 34.6 Å². The third-order valence-electron chi connectivity index (χ3n) is 5.58. The molecule has 37 heavy (non-hydrogen) atoms. The molecule has 0 fully saturated rings. The van der Waals surface area contributed by atoms with Crippen molar-refractivity contribution in [1.29, 1.82) is 10.7 Å². The van der Waals surface area contributed by atoms with E-state index in [2.05, 4.69) is 16.0 Å². The number of nitrogens with one attached hydrogen (secondary N) is 1. The number of carbonyl (C=O) groups excluding carboxylic acids is 1. The average Bonchev–Trinajstić information content (AvgIpc) is 3.11. The number of ether oxygens (including phenoxy) is 3. The lowest BCUT2D eigenvalue weighted by Crippen LogP contribution is -2.30. The zero-order valence-electron chi connectivity index (χ0n) is 21.9. The standard InChI is InChI=1S/C26H33N5O5.BrH/c1-6-34-24-25(35-7-2)30-21-18(29-24)14-31(23(21)28)15-19(32)16-12-17(26(3,4)5)22(33)20(13-16)36-11-9-8-10-27;/h12-13,28,33H,6-9,11,14-15H2,1-5H3;1H. The Bertz CT molecular complexity index is 1190. The number of phenols is 1.